The van der Waals surface area contributed by atoms with Crippen LogP contribution in [0.5, 0.6) is 0 Å². The number of nitrogens with two attached hydrogens (primary N) is 1. The van der Waals surface area contributed by atoms with Crippen LogP contribution in [-0.4, -0.2) is 15.5 Å². The molecule has 128 valence electrons. The van der Waals surface area contributed by atoms with Crippen molar-refractivity contribution in [2.24, 2.45) is 0 Å². The van der Waals surface area contributed by atoms with Gasteiger partial charge in [0.25, 0.3) is 11.5 Å². The minimum atomic E-state index is -0.553. The smallest absolute Gasteiger partial charge is 0.277 e. The fraction of sp³-hybridized carbons (Fsp3) is 0.389. The molecule has 7 heteroatoms. The summed E-state index contributed by atoms with van der Waals surface area (Å²) in [5.41, 5.74) is 9.71. The predicted molar refractivity (Wildman–Crippen MR) is 94.1 cm³/mol. The first-order valence-electron chi connectivity index (χ1n) is 8.63. The number of nitrogens with zero attached hydrogens (tertiary/aromatic N) is 2. The van der Waals surface area contributed by atoms with E-state index in [0.29, 0.717) is 23.6 Å². The summed E-state index contributed by atoms with van der Waals surface area (Å²) in [4.78, 5) is 30.1. The second-order valence-electron chi connectivity index (χ2n) is 7.23. The van der Waals surface area contributed by atoms with Crippen molar-refractivity contribution in [2.75, 3.05) is 11.1 Å². The minimum absolute atomic E-state index is 0.128. The lowest BCUT2D eigenvalue weighted by molar-refractivity contribution is 0.0920. The highest BCUT2D eigenvalue weighted by atomic mass is 16.2. The molecule has 0 bridgehead atoms. The van der Waals surface area contributed by atoms with Gasteiger partial charge < -0.3 is 16.4 Å². The Morgan fingerprint density at radius 2 is 2.04 bits per heavy atom. The summed E-state index contributed by atoms with van der Waals surface area (Å²) in [6.45, 7) is 1.93. The number of pyridine rings is 2. The number of hydrogen-bond acceptors (Lipinski definition) is 5. The van der Waals surface area contributed by atoms with Gasteiger partial charge in [-0.3, -0.25) is 14.2 Å². The summed E-state index contributed by atoms with van der Waals surface area (Å²) < 4.78 is 1.71. The summed E-state index contributed by atoms with van der Waals surface area (Å²) in [5.74, 6) is 0.275. The molecule has 2 aromatic heterocycles. The van der Waals surface area contributed by atoms with Gasteiger partial charge in [0.05, 0.1) is 0 Å². The number of nitrogen functional groups attached to an aromatic ring is 1. The molecule has 25 heavy (non-hydrogen) atoms. The molecule has 1 aliphatic carbocycles. The van der Waals surface area contributed by atoms with E-state index in [0.717, 1.165) is 48.1 Å². The van der Waals surface area contributed by atoms with Gasteiger partial charge in [-0.05, 0) is 49.3 Å². The maximum atomic E-state index is 13.3. The number of carbonyl (C=O) groups excluding carboxylic acids is 1. The van der Waals surface area contributed by atoms with E-state index in [4.69, 9.17) is 5.73 Å². The monoisotopic (exact) mass is 337 g/mol. The molecule has 2 aromatic rings. The largest absolute Gasteiger partial charge is 0.384 e. The second kappa shape index (κ2) is 4.62. The zero-order valence-corrected chi connectivity index (χ0v) is 14.0. The lowest BCUT2D eigenvalue weighted by atomic mass is 9.94. The summed E-state index contributed by atoms with van der Waals surface area (Å²) >= 11 is 0. The van der Waals surface area contributed by atoms with Gasteiger partial charge in [-0.25, -0.2) is 4.98 Å². The van der Waals surface area contributed by atoms with Crippen molar-refractivity contribution in [2.45, 2.75) is 44.7 Å². The third kappa shape index (κ3) is 1.78. The molecule has 4 heterocycles. The molecule has 5 rings (SSSR count). The quantitative estimate of drug-likeness (QED) is 0.580. The molecular weight excluding hydrogens is 318 g/mol. The number of nitrogens with one attached hydrogen (secondary N) is 2. The first kappa shape index (κ1) is 14.5. The van der Waals surface area contributed by atoms with Crippen LogP contribution in [0.15, 0.2) is 17.1 Å². The van der Waals surface area contributed by atoms with E-state index in [1.54, 1.807) is 16.8 Å². The van der Waals surface area contributed by atoms with Gasteiger partial charge in [-0.1, -0.05) is 0 Å². The van der Waals surface area contributed by atoms with Gasteiger partial charge in [0.15, 0.2) is 0 Å². The highest BCUT2D eigenvalue weighted by Gasteiger charge is 2.47. The van der Waals surface area contributed by atoms with Crippen LogP contribution in [0.25, 0.3) is 0 Å². The Morgan fingerprint density at radius 1 is 1.28 bits per heavy atom. The van der Waals surface area contributed by atoms with Crippen molar-refractivity contribution in [3.8, 4) is 0 Å². The molecule has 1 amide bonds. The van der Waals surface area contributed by atoms with Gasteiger partial charge in [-0.2, -0.15) is 0 Å². The molecule has 0 radical (unpaired) electrons. The third-order valence-corrected chi connectivity index (χ3v) is 5.80. The molecule has 1 spiro atoms. The Labute approximate surface area is 144 Å². The highest BCUT2D eigenvalue weighted by molar-refractivity contribution is 5.98. The van der Waals surface area contributed by atoms with E-state index in [9.17, 15) is 9.59 Å². The first-order valence-corrected chi connectivity index (χ1v) is 8.63. The molecule has 0 atom stereocenters. The first-order chi connectivity index (χ1) is 12.0. The van der Waals surface area contributed by atoms with Crippen LogP contribution in [0.1, 0.15) is 52.9 Å². The lowest BCUT2D eigenvalue weighted by Crippen LogP contribution is -2.45. The number of anilines is 3. The van der Waals surface area contributed by atoms with Gasteiger partial charge in [0, 0.05) is 24.4 Å². The van der Waals surface area contributed by atoms with E-state index in [-0.39, 0.29) is 11.5 Å². The Hall–Kier alpha value is -2.83. The van der Waals surface area contributed by atoms with Crippen LogP contribution < -0.4 is 21.9 Å². The third-order valence-electron chi connectivity index (χ3n) is 5.80. The average Bonchev–Trinajstić information content (AvgIpc) is 3.16. The molecule has 1 saturated carbocycles. The van der Waals surface area contributed by atoms with Crippen LogP contribution in [0.2, 0.25) is 0 Å². The van der Waals surface area contributed by atoms with Crippen LogP contribution in [0, 0.1) is 6.92 Å². The van der Waals surface area contributed by atoms with Gasteiger partial charge in [0.2, 0.25) is 0 Å². The molecule has 1 fully saturated rings. The summed E-state index contributed by atoms with van der Waals surface area (Å²) in [5, 5.41) is 6.34. The topological polar surface area (TPSA) is 102 Å². The maximum Gasteiger partial charge on any atom is 0.277 e. The van der Waals surface area contributed by atoms with Gasteiger partial charge in [-0.15, -0.1) is 0 Å². The number of fused-ring (bicyclic) bond motifs is 4. The average molecular weight is 337 g/mol. The lowest BCUT2D eigenvalue weighted by Gasteiger charge is -2.29. The Balaban J connectivity index is 1.77. The van der Waals surface area contributed by atoms with Crippen molar-refractivity contribution in [3.63, 3.8) is 0 Å². The van der Waals surface area contributed by atoms with Crippen LogP contribution >= 0.6 is 0 Å². The Bertz CT molecular complexity index is 1000. The summed E-state index contributed by atoms with van der Waals surface area (Å²) in [6, 6.07) is 1.75. The molecule has 0 aromatic carbocycles. The fourth-order valence-corrected chi connectivity index (χ4v) is 4.59. The van der Waals surface area contributed by atoms with Crippen molar-refractivity contribution in [1.82, 2.24) is 14.9 Å². The predicted octanol–water partition coefficient (Wildman–Crippen LogP) is 1.75. The van der Waals surface area contributed by atoms with E-state index >= 15 is 0 Å². The molecule has 7 nitrogen and oxygen atoms in total. The van der Waals surface area contributed by atoms with Crippen LogP contribution in [0.4, 0.5) is 17.2 Å². The Kier molecular flexibility index (Phi) is 2.68. The fourth-order valence-electron chi connectivity index (χ4n) is 4.59. The molecule has 4 N–H and O–H groups in total. The van der Waals surface area contributed by atoms with Gasteiger partial charge >= 0.3 is 0 Å². The van der Waals surface area contributed by atoms with Crippen LogP contribution in [-0.2, 0) is 12.1 Å². The van der Waals surface area contributed by atoms with Crippen LogP contribution in [0.3, 0.4) is 0 Å². The standard InChI is InChI=1S/C18H19N5O2/c1-9-11-6-10-8-20-13(19)7-12(10)21-14(11)17(25)23-15(9)16(24)22-18(23)4-2-3-5-18/h7-8,21H,2-6H2,1H3,(H2,19,20)(H,22,24). The Morgan fingerprint density at radius 3 is 2.80 bits per heavy atom. The van der Waals surface area contributed by atoms with E-state index < -0.39 is 5.66 Å². The number of rotatable bonds is 0. The second-order valence-corrected chi connectivity index (χ2v) is 7.23. The molecule has 2 aliphatic heterocycles. The number of aromatic nitrogens is 2. The zero-order valence-electron chi connectivity index (χ0n) is 14.0. The molecule has 3 aliphatic rings. The van der Waals surface area contributed by atoms with Crippen molar-refractivity contribution in [3.05, 3.63) is 45.0 Å². The normalized spacial score (nSPS) is 19.2. The van der Waals surface area contributed by atoms with Crippen molar-refractivity contribution < 1.29 is 4.79 Å². The molecule has 0 unspecified atom stereocenters. The maximum absolute atomic E-state index is 13.3. The SMILES string of the molecule is Cc1c2c(c(=O)n3c1C(=O)NC31CCCC1)Nc1cc(N)ncc1C2. The number of hydrogen-bond donors (Lipinski definition) is 3. The minimum Gasteiger partial charge on any atom is -0.384 e. The van der Waals surface area contributed by atoms with E-state index in [2.05, 4.69) is 15.6 Å². The van der Waals surface area contributed by atoms with E-state index in [1.165, 1.54) is 0 Å². The number of carbonyl (C=O) groups is 1. The zero-order chi connectivity index (χ0) is 17.3. The highest BCUT2D eigenvalue weighted by Crippen LogP contribution is 2.41. The van der Waals surface area contributed by atoms with Gasteiger partial charge in [0.1, 0.15) is 22.9 Å². The molecular formula is C18H19N5O2. The van der Waals surface area contributed by atoms with Crippen molar-refractivity contribution >= 4 is 23.1 Å². The van der Waals surface area contributed by atoms with Crippen molar-refractivity contribution in [1.29, 1.82) is 0 Å². The molecule has 0 saturated heterocycles. The van der Waals surface area contributed by atoms with E-state index in [1.807, 2.05) is 6.92 Å². The summed E-state index contributed by atoms with van der Waals surface area (Å²) in [7, 11) is 0. The summed E-state index contributed by atoms with van der Waals surface area (Å²) in [6.07, 6.45) is 5.93. The number of amides is 1.